The molecule has 0 amide bonds. The van der Waals surface area contributed by atoms with Gasteiger partial charge < -0.3 is 5.32 Å². The normalized spacial score (nSPS) is 17.5. The molecule has 0 atom stereocenters. The average Bonchev–Trinajstić information content (AvgIpc) is 2.73. The van der Waals surface area contributed by atoms with E-state index >= 15 is 0 Å². The maximum absolute atomic E-state index is 6.50. The third kappa shape index (κ3) is 5.03. The van der Waals surface area contributed by atoms with Gasteiger partial charge >= 0.3 is 0 Å². The van der Waals surface area contributed by atoms with Crippen molar-refractivity contribution in [1.29, 1.82) is 0 Å². The highest BCUT2D eigenvalue weighted by molar-refractivity contribution is 7.99. The summed E-state index contributed by atoms with van der Waals surface area (Å²) in [5.74, 6) is 2.21. The van der Waals surface area contributed by atoms with Gasteiger partial charge in [-0.05, 0) is 79.3 Å². The van der Waals surface area contributed by atoms with E-state index in [1.165, 1.54) is 78.7 Å². The largest absolute Gasteiger partial charge is 0.380 e. The van der Waals surface area contributed by atoms with Crippen molar-refractivity contribution in [2.45, 2.75) is 69.2 Å². The molecule has 1 nitrogen and oxygen atoms in total. The first kappa shape index (κ1) is 19.2. The van der Waals surface area contributed by atoms with Crippen molar-refractivity contribution in [3.05, 3.63) is 58.1 Å². The molecule has 144 valence electrons. The zero-order chi connectivity index (χ0) is 18.5. The third-order valence-electron chi connectivity index (χ3n) is 6.09. The van der Waals surface area contributed by atoms with Crippen LogP contribution in [0.15, 0.2) is 41.3 Å². The summed E-state index contributed by atoms with van der Waals surface area (Å²) in [6, 6.07) is 13.4. The topological polar surface area (TPSA) is 12.0 Å². The molecule has 0 unspecified atom stereocenters. The van der Waals surface area contributed by atoms with Gasteiger partial charge in [0.1, 0.15) is 0 Å². The van der Waals surface area contributed by atoms with Gasteiger partial charge in [-0.2, -0.15) is 0 Å². The summed E-state index contributed by atoms with van der Waals surface area (Å²) < 4.78 is 0. The van der Waals surface area contributed by atoms with E-state index in [1.807, 2.05) is 11.8 Å². The molecule has 2 aromatic rings. The Morgan fingerprint density at radius 1 is 0.889 bits per heavy atom. The minimum absolute atomic E-state index is 0.837. The Morgan fingerprint density at radius 3 is 2.48 bits per heavy atom. The van der Waals surface area contributed by atoms with Crippen molar-refractivity contribution < 1.29 is 0 Å². The molecule has 0 radical (unpaired) electrons. The predicted molar refractivity (Wildman–Crippen MR) is 119 cm³/mol. The second-order valence-corrected chi connectivity index (χ2v) is 9.58. The summed E-state index contributed by atoms with van der Waals surface area (Å²) in [7, 11) is 0. The number of benzene rings is 2. The fraction of sp³-hybridized carbons (Fsp3) is 0.500. The van der Waals surface area contributed by atoms with Crippen molar-refractivity contribution in [2.75, 3.05) is 11.1 Å². The summed E-state index contributed by atoms with van der Waals surface area (Å²) in [6.45, 7) is 0.837. The standard InChI is InChI=1S/C24H30ClNS/c25-23-15-12-20-8-4-5-9-22(20)24(23)26-16-18-10-13-21(14-11-18)27-17-19-6-2-1-3-7-19/h10-15,19,26H,1-9,16-17H2. The zero-order valence-electron chi connectivity index (χ0n) is 16.1. The van der Waals surface area contributed by atoms with Crippen LogP contribution in [-0.2, 0) is 19.4 Å². The number of hydrogen-bond donors (Lipinski definition) is 1. The number of halogens is 1. The maximum atomic E-state index is 6.50. The van der Waals surface area contributed by atoms with Gasteiger partial charge in [0, 0.05) is 17.2 Å². The van der Waals surface area contributed by atoms with E-state index in [0.717, 1.165) is 29.6 Å². The number of nitrogens with one attached hydrogen (secondary N) is 1. The quantitative estimate of drug-likeness (QED) is 0.504. The van der Waals surface area contributed by atoms with Crippen molar-refractivity contribution in [3.63, 3.8) is 0 Å². The van der Waals surface area contributed by atoms with Crippen LogP contribution in [0.25, 0.3) is 0 Å². The summed E-state index contributed by atoms with van der Waals surface area (Å²) >= 11 is 8.53. The Labute approximate surface area is 173 Å². The smallest absolute Gasteiger partial charge is 0.0640 e. The minimum atomic E-state index is 0.837. The maximum Gasteiger partial charge on any atom is 0.0640 e. The Bertz CT molecular complexity index is 750. The molecule has 0 bridgehead atoms. The van der Waals surface area contributed by atoms with Gasteiger partial charge in [-0.25, -0.2) is 0 Å². The molecule has 0 aromatic heterocycles. The Balaban J connectivity index is 1.34. The summed E-state index contributed by atoms with van der Waals surface area (Å²) in [4.78, 5) is 1.40. The second-order valence-electron chi connectivity index (χ2n) is 8.08. The number of anilines is 1. The van der Waals surface area contributed by atoms with Crippen LogP contribution >= 0.6 is 23.4 Å². The van der Waals surface area contributed by atoms with Gasteiger partial charge in [-0.3, -0.25) is 0 Å². The highest BCUT2D eigenvalue weighted by Gasteiger charge is 2.16. The van der Waals surface area contributed by atoms with Crippen LogP contribution in [0.2, 0.25) is 5.02 Å². The van der Waals surface area contributed by atoms with Gasteiger partial charge in [-0.1, -0.05) is 49.1 Å². The lowest BCUT2D eigenvalue weighted by molar-refractivity contribution is 0.391. The molecule has 2 aliphatic rings. The van der Waals surface area contributed by atoms with Crippen LogP contribution in [0.5, 0.6) is 0 Å². The van der Waals surface area contributed by atoms with Crippen LogP contribution in [0, 0.1) is 5.92 Å². The number of fused-ring (bicyclic) bond motifs is 1. The molecule has 2 aromatic carbocycles. The second kappa shape index (κ2) is 9.39. The molecular weight excluding hydrogens is 370 g/mol. The Morgan fingerprint density at radius 2 is 1.67 bits per heavy atom. The molecule has 3 heteroatoms. The Kier molecular flexibility index (Phi) is 6.68. The first-order valence-corrected chi connectivity index (χ1v) is 11.9. The van der Waals surface area contributed by atoms with Gasteiger partial charge in [0.05, 0.1) is 10.7 Å². The lowest BCUT2D eigenvalue weighted by atomic mass is 9.90. The fourth-order valence-electron chi connectivity index (χ4n) is 4.45. The molecule has 27 heavy (non-hydrogen) atoms. The number of thioether (sulfide) groups is 1. The Hall–Kier alpha value is -1.12. The molecule has 0 saturated heterocycles. The third-order valence-corrected chi connectivity index (χ3v) is 7.64. The van der Waals surface area contributed by atoms with Crippen molar-refractivity contribution in [1.82, 2.24) is 0 Å². The van der Waals surface area contributed by atoms with Crippen LogP contribution < -0.4 is 5.32 Å². The van der Waals surface area contributed by atoms with Gasteiger partial charge in [-0.15, -0.1) is 11.8 Å². The molecule has 1 saturated carbocycles. The van der Waals surface area contributed by atoms with E-state index in [-0.39, 0.29) is 0 Å². The zero-order valence-corrected chi connectivity index (χ0v) is 17.7. The number of hydrogen-bond acceptors (Lipinski definition) is 2. The first-order chi connectivity index (χ1) is 13.3. The molecule has 2 aliphatic carbocycles. The molecule has 4 rings (SSSR count). The van der Waals surface area contributed by atoms with Crippen LogP contribution in [-0.4, -0.2) is 5.75 Å². The van der Waals surface area contributed by atoms with E-state index in [2.05, 4.69) is 41.7 Å². The molecule has 1 N–H and O–H groups in total. The van der Waals surface area contributed by atoms with Crippen LogP contribution in [0.1, 0.15) is 61.6 Å². The van der Waals surface area contributed by atoms with Crippen molar-refractivity contribution in [3.8, 4) is 0 Å². The highest BCUT2D eigenvalue weighted by Crippen LogP contribution is 2.34. The lowest BCUT2D eigenvalue weighted by Gasteiger charge is -2.21. The van der Waals surface area contributed by atoms with E-state index < -0.39 is 0 Å². The van der Waals surface area contributed by atoms with E-state index in [0.29, 0.717) is 0 Å². The fourth-order valence-corrected chi connectivity index (χ4v) is 5.79. The molecule has 0 heterocycles. The number of rotatable bonds is 6. The van der Waals surface area contributed by atoms with E-state index in [4.69, 9.17) is 11.6 Å². The SMILES string of the molecule is Clc1ccc2c(c1NCc1ccc(SCC3CCCCC3)cc1)CCCC2. The molecular formula is C24H30ClNS. The van der Waals surface area contributed by atoms with E-state index in [1.54, 1.807) is 0 Å². The lowest BCUT2D eigenvalue weighted by Crippen LogP contribution is -2.09. The summed E-state index contributed by atoms with van der Waals surface area (Å²) in [6.07, 6.45) is 12.1. The van der Waals surface area contributed by atoms with Crippen LogP contribution in [0.4, 0.5) is 5.69 Å². The van der Waals surface area contributed by atoms with Crippen LogP contribution in [0.3, 0.4) is 0 Å². The number of aryl methyl sites for hydroxylation is 1. The monoisotopic (exact) mass is 399 g/mol. The molecule has 0 spiro atoms. The highest BCUT2D eigenvalue weighted by atomic mass is 35.5. The minimum Gasteiger partial charge on any atom is -0.380 e. The van der Waals surface area contributed by atoms with Gasteiger partial charge in [0.25, 0.3) is 0 Å². The summed E-state index contributed by atoms with van der Waals surface area (Å²) in [5.41, 5.74) is 5.39. The van der Waals surface area contributed by atoms with Crippen molar-refractivity contribution >= 4 is 29.1 Å². The molecule has 0 aliphatic heterocycles. The van der Waals surface area contributed by atoms with Crippen molar-refractivity contribution in [2.24, 2.45) is 5.92 Å². The van der Waals surface area contributed by atoms with Gasteiger partial charge in [0.15, 0.2) is 0 Å². The predicted octanol–water partition coefficient (Wildman–Crippen LogP) is 7.50. The summed E-state index contributed by atoms with van der Waals surface area (Å²) in [5, 5.41) is 4.48. The average molecular weight is 400 g/mol. The first-order valence-electron chi connectivity index (χ1n) is 10.6. The van der Waals surface area contributed by atoms with Gasteiger partial charge in [0.2, 0.25) is 0 Å². The van der Waals surface area contributed by atoms with E-state index in [9.17, 15) is 0 Å². The molecule has 1 fully saturated rings.